The molecule has 1 aromatic rings. The number of rotatable bonds is 9. The molecule has 2 N–H and O–H groups in total. The van der Waals surface area contributed by atoms with Crippen LogP contribution in [0.3, 0.4) is 0 Å². The molecule has 0 unspecified atom stereocenters. The summed E-state index contributed by atoms with van der Waals surface area (Å²) >= 11 is 0. The van der Waals surface area contributed by atoms with Crippen LogP contribution >= 0.6 is 0 Å². The molecule has 1 aromatic carbocycles. The topological polar surface area (TPSA) is 50.7 Å². The molecule has 0 amide bonds. The van der Waals surface area contributed by atoms with Crippen LogP contribution in [0, 0.1) is 0 Å². The number of aliphatic hydroxyl groups excluding tert-OH is 1. The molecule has 0 aliphatic rings. The maximum atomic E-state index is 9.72. The first-order valence-electron chi connectivity index (χ1n) is 6.74. The standard InChI is InChI=1S/C15H25NO3/c1-12(2)13-4-6-15(7-5-13)19-11-14(17)10-16-8-9-18-3/h4-7,12,14,16-17H,8-11H2,1-3H3/t14-/m1/s1. The number of hydrogen-bond acceptors (Lipinski definition) is 4. The molecule has 4 heteroatoms. The Hall–Kier alpha value is -1.10. The van der Waals surface area contributed by atoms with Gasteiger partial charge in [-0.3, -0.25) is 0 Å². The molecule has 1 rings (SSSR count). The van der Waals surface area contributed by atoms with Crippen molar-refractivity contribution in [2.45, 2.75) is 25.9 Å². The van der Waals surface area contributed by atoms with E-state index in [1.165, 1.54) is 5.56 Å². The zero-order valence-corrected chi connectivity index (χ0v) is 12.1. The van der Waals surface area contributed by atoms with Crippen LogP contribution in [0.4, 0.5) is 0 Å². The van der Waals surface area contributed by atoms with Crippen molar-refractivity contribution in [2.75, 3.05) is 33.4 Å². The molecule has 4 nitrogen and oxygen atoms in total. The average Bonchev–Trinajstić information content (AvgIpc) is 2.42. The molecule has 0 bridgehead atoms. The van der Waals surface area contributed by atoms with Gasteiger partial charge < -0.3 is 19.9 Å². The molecule has 0 fully saturated rings. The summed E-state index contributed by atoms with van der Waals surface area (Å²) < 4.78 is 10.4. The number of hydrogen-bond donors (Lipinski definition) is 2. The van der Waals surface area contributed by atoms with Crippen LogP contribution in [0.2, 0.25) is 0 Å². The van der Waals surface area contributed by atoms with E-state index in [1.54, 1.807) is 7.11 Å². The second-order valence-electron chi connectivity index (χ2n) is 4.89. The second kappa shape index (κ2) is 8.91. The Morgan fingerprint density at radius 3 is 2.47 bits per heavy atom. The van der Waals surface area contributed by atoms with Gasteiger partial charge in [0, 0.05) is 20.2 Å². The molecule has 0 saturated heterocycles. The number of nitrogens with one attached hydrogen (secondary N) is 1. The quantitative estimate of drug-likeness (QED) is 0.670. The third-order valence-corrected chi connectivity index (χ3v) is 2.85. The monoisotopic (exact) mass is 267 g/mol. The minimum absolute atomic E-state index is 0.293. The highest BCUT2D eigenvalue weighted by Crippen LogP contribution is 2.18. The summed E-state index contributed by atoms with van der Waals surface area (Å²) in [7, 11) is 1.65. The third-order valence-electron chi connectivity index (χ3n) is 2.85. The summed E-state index contributed by atoms with van der Waals surface area (Å²) in [5.74, 6) is 1.31. The van der Waals surface area contributed by atoms with E-state index in [0.29, 0.717) is 25.7 Å². The maximum Gasteiger partial charge on any atom is 0.119 e. The molecule has 0 heterocycles. The lowest BCUT2D eigenvalue weighted by atomic mass is 10.0. The fourth-order valence-electron chi connectivity index (χ4n) is 1.64. The molecule has 0 aliphatic carbocycles. The lowest BCUT2D eigenvalue weighted by Gasteiger charge is -2.13. The summed E-state index contributed by atoms with van der Waals surface area (Å²) in [4.78, 5) is 0. The Balaban J connectivity index is 2.24. The summed E-state index contributed by atoms with van der Waals surface area (Å²) in [6.45, 7) is 6.49. The maximum absolute atomic E-state index is 9.72. The summed E-state index contributed by atoms with van der Waals surface area (Å²) in [5, 5.41) is 12.8. The van der Waals surface area contributed by atoms with Crippen molar-refractivity contribution in [3.05, 3.63) is 29.8 Å². The van der Waals surface area contributed by atoms with Crippen molar-refractivity contribution >= 4 is 0 Å². The number of aliphatic hydroxyl groups is 1. The molecule has 0 aromatic heterocycles. The predicted molar refractivity (Wildman–Crippen MR) is 76.8 cm³/mol. The van der Waals surface area contributed by atoms with Gasteiger partial charge >= 0.3 is 0 Å². The highest BCUT2D eigenvalue weighted by molar-refractivity contribution is 5.28. The van der Waals surface area contributed by atoms with E-state index in [9.17, 15) is 5.11 Å². The number of methoxy groups -OCH3 is 1. The van der Waals surface area contributed by atoms with Crippen LogP contribution in [-0.4, -0.2) is 44.6 Å². The smallest absolute Gasteiger partial charge is 0.119 e. The fraction of sp³-hybridized carbons (Fsp3) is 0.600. The first-order chi connectivity index (χ1) is 9.13. The van der Waals surface area contributed by atoms with Gasteiger partial charge in [-0.15, -0.1) is 0 Å². The van der Waals surface area contributed by atoms with Gasteiger partial charge in [-0.2, -0.15) is 0 Å². The molecule has 0 radical (unpaired) electrons. The van der Waals surface area contributed by atoms with Gasteiger partial charge in [0.15, 0.2) is 0 Å². The van der Waals surface area contributed by atoms with Gasteiger partial charge in [-0.05, 0) is 23.6 Å². The molecule has 1 atom stereocenters. The highest BCUT2D eigenvalue weighted by Gasteiger charge is 2.05. The van der Waals surface area contributed by atoms with Gasteiger partial charge in [-0.25, -0.2) is 0 Å². The van der Waals surface area contributed by atoms with Crippen LogP contribution in [0.5, 0.6) is 5.75 Å². The SMILES string of the molecule is COCCNC[C@@H](O)COc1ccc(C(C)C)cc1. The molecule has 0 aliphatic heterocycles. The average molecular weight is 267 g/mol. The van der Waals surface area contributed by atoms with Crippen molar-refractivity contribution in [1.29, 1.82) is 0 Å². The van der Waals surface area contributed by atoms with Gasteiger partial charge in [0.25, 0.3) is 0 Å². The summed E-state index contributed by atoms with van der Waals surface area (Å²) in [5.41, 5.74) is 1.29. The Labute approximate surface area is 115 Å². The van der Waals surface area contributed by atoms with Crippen LogP contribution in [0.1, 0.15) is 25.3 Å². The summed E-state index contributed by atoms with van der Waals surface area (Å²) in [6.07, 6.45) is -0.512. The Morgan fingerprint density at radius 1 is 1.21 bits per heavy atom. The van der Waals surface area contributed by atoms with Crippen molar-refractivity contribution < 1.29 is 14.6 Å². The number of benzene rings is 1. The first kappa shape index (κ1) is 16.0. The molecule has 19 heavy (non-hydrogen) atoms. The largest absolute Gasteiger partial charge is 0.491 e. The molecule has 0 saturated carbocycles. The van der Waals surface area contributed by atoms with Crippen LogP contribution < -0.4 is 10.1 Å². The zero-order valence-electron chi connectivity index (χ0n) is 12.1. The Morgan fingerprint density at radius 2 is 1.89 bits per heavy atom. The van der Waals surface area contributed by atoms with Gasteiger partial charge in [-0.1, -0.05) is 26.0 Å². The second-order valence-corrected chi connectivity index (χ2v) is 4.89. The van der Waals surface area contributed by atoms with E-state index in [0.717, 1.165) is 12.3 Å². The van der Waals surface area contributed by atoms with Crippen LogP contribution in [0.25, 0.3) is 0 Å². The lowest BCUT2D eigenvalue weighted by Crippen LogP contribution is -2.33. The van der Waals surface area contributed by atoms with E-state index in [2.05, 4.69) is 31.3 Å². The molecule has 108 valence electrons. The van der Waals surface area contributed by atoms with Crippen molar-refractivity contribution in [3.63, 3.8) is 0 Å². The van der Waals surface area contributed by atoms with Crippen LogP contribution in [-0.2, 0) is 4.74 Å². The van der Waals surface area contributed by atoms with Gasteiger partial charge in [0.2, 0.25) is 0 Å². The molecule has 0 spiro atoms. The van der Waals surface area contributed by atoms with Crippen LogP contribution in [0.15, 0.2) is 24.3 Å². The minimum atomic E-state index is -0.512. The van der Waals surface area contributed by atoms with Gasteiger partial charge in [0.1, 0.15) is 18.5 Å². The van der Waals surface area contributed by atoms with Gasteiger partial charge in [0.05, 0.1) is 6.61 Å². The van der Waals surface area contributed by atoms with E-state index in [1.807, 2.05) is 12.1 Å². The Kier molecular flexibility index (Phi) is 7.48. The lowest BCUT2D eigenvalue weighted by molar-refractivity contribution is 0.103. The van der Waals surface area contributed by atoms with E-state index < -0.39 is 6.10 Å². The third kappa shape index (κ3) is 6.57. The van der Waals surface area contributed by atoms with Crippen molar-refractivity contribution in [2.24, 2.45) is 0 Å². The first-order valence-corrected chi connectivity index (χ1v) is 6.74. The normalized spacial score (nSPS) is 12.7. The van der Waals surface area contributed by atoms with E-state index in [-0.39, 0.29) is 0 Å². The minimum Gasteiger partial charge on any atom is -0.491 e. The molecular weight excluding hydrogens is 242 g/mol. The Bertz CT molecular complexity index is 338. The van der Waals surface area contributed by atoms with Crippen molar-refractivity contribution in [1.82, 2.24) is 5.32 Å². The van der Waals surface area contributed by atoms with E-state index in [4.69, 9.17) is 9.47 Å². The summed E-state index contributed by atoms with van der Waals surface area (Å²) in [6, 6.07) is 8.01. The predicted octanol–water partition coefficient (Wildman–Crippen LogP) is 1.79. The highest BCUT2D eigenvalue weighted by atomic mass is 16.5. The zero-order chi connectivity index (χ0) is 14.1. The number of ether oxygens (including phenoxy) is 2. The fourth-order valence-corrected chi connectivity index (χ4v) is 1.64. The molecular formula is C15H25NO3. The van der Waals surface area contributed by atoms with E-state index >= 15 is 0 Å². The van der Waals surface area contributed by atoms with Crippen molar-refractivity contribution in [3.8, 4) is 5.75 Å².